The standard InChI is InChI=1S/C16H13Cl3N2/c1-10-2-5-13-15(8-10)21(16(20-13)6-7-17)14-9-11(18)3-4-12(14)19/h2-5,8-9H,6-7H2,1H3. The number of aryl methyl sites for hydroxylation is 2. The monoisotopic (exact) mass is 338 g/mol. The average molecular weight is 340 g/mol. The largest absolute Gasteiger partial charge is 0.295 e. The van der Waals surface area contributed by atoms with Gasteiger partial charge in [-0.15, -0.1) is 11.6 Å². The Kier molecular flexibility index (Phi) is 4.12. The number of hydrogen-bond donors (Lipinski definition) is 0. The van der Waals surface area contributed by atoms with Crippen LogP contribution in [0.15, 0.2) is 36.4 Å². The van der Waals surface area contributed by atoms with Crippen LogP contribution in [0, 0.1) is 6.92 Å². The van der Waals surface area contributed by atoms with E-state index in [1.165, 1.54) is 5.56 Å². The smallest absolute Gasteiger partial charge is 0.115 e. The lowest BCUT2D eigenvalue weighted by molar-refractivity contribution is 0.912. The van der Waals surface area contributed by atoms with Crippen molar-refractivity contribution in [2.75, 3.05) is 5.88 Å². The molecule has 0 N–H and O–H groups in total. The summed E-state index contributed by atoms with van der Waals surface area (Å²) in [6.07, 6.45) is 0.665. The molecule has 0 atom stereocenters. The summed E-state index contributed by atoms with van der Waals surface area (Å²) in [5.41, 5.74) is 3.94. The third-order valence-corrected chi connectivity index (χ3v) is 4.09. The lowest BCUT2D eigenvalue weighted by Crippen LogP contribution is -2.03. The Morgan fingerprint density at radius 3 is 2.67 bits per heavy atom. The molecule has 2 nitrogen and oxygen atoms in total. The zero-order chi connectivity index (χ0) is 15.0. The van der Waals surface area contributed by atoms with E-state index in [2.05, 4.69) is 18.0 Å². The molecule has 2 aromatic carbocycles. The zero-order valence-electron chi connectivity index (χ0n) is 11.4. The van der Waals surface area contributed by atoms with Gasteiger partial charge in [-0.2, -0.15) is 0 Å². The van der Waals surface area contributed by atoms with Crippen molar-refractivity contribution in [3.63, 3.8) is 0 Å². The summed E-state index contributed by atoms with van der Waals surface area (Å²) in [5.74, 6) is 1.38. The number of nitrogens with zero attached hydrogens (tertiary/aromatic N) is 2. The van der Waals surface area contributed by atoms with Gasteiger partial charge in [0, 0.05) is 17.3 Å². The van der Waals surface area contributed by atoms with Crippen molar-refractivity contribution in [1.29, 1.82) is 0 Å². The van der Waals surface area contributed by atoms with Gasteiger partial charge in [-0.3, -0.25) is 4.57 Å². The normalized spacial score (nSPS) is 11.2. The molecule has 0 amide bonds. The van der Waals surface area contributed by atoms with Crippen LogP contribution in [0.3, 0.4) is 0 Å². The van der Waals surface area contributed by atoms with E-state index < -0.39 is 0 Å². The summed E-state index contributed by atoms with van der Waals surface area (Å²) in [6.45, 7) is 2.05. The van der Waals surface area contributed by atoms with Gasteiger partial charge in [-0.05, 0) is 42.8 Å². The molecular formula is C16H13Cl3N2. The Hall–Kier alpha value is -1.22. The third kappa shape index (κ3) is 2.76. The first-order valence-corrected chi connectivity index (χ1v) is 7.88. The molecule has 0 aliphatic carbocycles. The molecule has 1 aromatic heterocycles. The first-order chi connectivity index (χ1) is 10.1. The molecule has 0 radical (unpaired) electrons. The van der Waals surface area contributed by atoms with Crippen LogP contribution < -0.4 is 0 Å². The topological polar surface area (TPSA) is 17.8 Å². The number of halogens is 3. The molecule has 0 spiro atoms. The lowest BCUT2D eigenvalue weighted by atomic mass is 10.2. The SMILES string of the molecule is Cc1ccc2nc(CCCl)n(-c3cc(Cl)ccc3Cl)c2c1. The van der Waals surface area contributed by atoms with Crippen LogP contribution in [0.2, 0.25) is 10.0 Å². The van der Waals surface area contributed by atoms with Crippen LogP contribution in [0.4, 0.5) is 0 Å². The second-order valence-corrected chi connectivity index (χ2v) is 6.11. The first-order valence-electron chi connectivity index (χ1n) is 6.59. The Balaban J connectivity index is 2.35. The van der Waals surface area contributed by atoms with Gasteiger partial charge in [-0.25, -0.2) is 4.98 Å². The van der Waals surface area contributed by atoms with Gasteiger partial charge in [0.05, 0.1) is 21.7 Å². The summed E-state index contributed by atoms with van der Waals surface area (Å²) in [5, 5.41) is 1.27. The van der Waals surface area contributed by atoms with Crippen molar-refractivity contribution < 1.29 is 0 Å². The molecule has 0 aliphatic heterocycles. The Bertz CT molecular complexity index is 809. The average Bonchev–Trinajstić information content (AvgIpc) is 2.79. The van der Waals surface area contributed by atoms with Gasteiger partial charge in [0.2, 0.25) is 0 Å². The molecule has 0 unspecified atom stereocenters. The number of benzene rings is 2. The summed E-state index contributed by atoms with van der Waals surface area (Å²) in [6, 6.07) is 11.6. The molecule has 0 bridgehead atoms. The van der Waals surface area contributed by atoms with Crippen LogP contribution in [0.1, 0.15) is 11.4 Å². The van der Waals surface area contributed by atoms with E-state index in [-0.39, 0.29) is 0 Å². The second-order valence-electron chi connectivity index (χ2n) is 4.89. The van der Waals surface area contributed by atoms with Crippen molar-refractivity contribution in [3.8, 4) is 5.69 Å². The molecule has 0 saturated carbocycles. The Morgan fingerprint density at radius 2 is 1.90 bits per heavy atom. The Labute approximate surface area is 138 Å². The number of rotatable bonds is 3. The molecule has 3 rings (SSSR count). The Morgan fingerprint density at radius 1 is 1.10 bits per heavy atom. The van der Waals surface area contributed by atoms with E-state index in [1.54, 1.807) is 12.1 Å². The van der Waals surface area contributed by atoms with Gasteiger partial charge >= 0.3 is 0 Å². The van der Waals surface area contributed by atoms with Crippen molar-refractivity contribution in [2.24, 2.45) is 0 Å². The third-order valence-electron chi connectivity index (χ3n) is 3.35. The maximum absolute atomic E-state index is 6.36. The van der Waals surface area contributed by atoms with E-state index in [1.807, 2.05) is 22.8 Å². The maximum Gasteiger partial charge on any atom is 0.115 e. The fourth-order valence-corrected chi connectivity index (χ4v) is 2.95. The van der Waals surface area contributed by atoms with Crippen LogP contribution in [0.25, 0.3) is 16.7 Å². The number of alkyl halides is 1. The van der Waals surface area contributed by atoms with Crippen LogP contribution in [0.5, 0.6) is 0 Å². The van der Waals surface area contributed by atoms with Crippen molar-refractivity contribution in [2.45, 2.75) is 13.3 Å². The zero-order valence-corrected chi connectivity index (χ0v) is 13.7. The highest BCUT2D eigenvalue weighted by Gasteiger charge is 2.15. The predicted octanol–water partition coefficient (Wildman–Crippen LogP) is 5.42. The number of hydrogen-bond acceptors (Lipinski definition) is 1. The van der Waals surface area contributed by atoms with Gasteiger partial charge in [-0.1, -0.05) is 29.3 Å². The molecule has 3 aromatic rings. The van der Waals surface area contributed by atoms with E-state index in [4.69, 9.17) is 34.8 Å². The lowest BCUT2D eigenvalue weighted by Gasteiger charge is -2.11. The molecule has 5 heteroatoms. The summed E-state index contributed by atoms with van der Waals surface area (Å²) < 4.78 is 2.04. The highest BCUT2D eigenvalue weighted by atomic mass is 35.5. The fourth-order valence-electron chi connectivity index (χ4n) is 2.41. The minimum atomic E-state index is 0.500. The number of imidazole rings is 1. The van der Waals surface area contributed by atoms with Gasteiger partial charge in [0.15, 0.2) is 0 Å². The van der Waals surface area contributed by atoms with E-state index in [9.17, 15) is 0 Å². The minimum Gasteiger partial charge on any atom is -0.295 e. The molecule has 0 fully saturated rings. The molecule has 1 heterocycles. The summed E-state index contributed by atoms with van der Waals surface area (Å²) >= 11 is 18.4. The first kappa shape index (κ1) is 14.7. The molecule has 21 heavy (non-hydrogen) atoms. The van der Waals surface area contributed by atoms with Crippen molar-refractivity contribution >= 4 is 45.8 Å². The van der Waals surface area contributed by atoms with Gasteiger partial charge in [0.25, 0.3) is 0 Å². The van der Waals surface area contributed by atoms with Crippen molar-refractivity contribution in [3.05, 3.63) is 57.8 Å². The van der Waals surface area contributed by atoms with Crippen molar-refractivity contribution in [1.82, 2.24) is 9.55 Å². The van der Waals surface area contributed by atoms with Crippen LogP contribution in [-0.4, -0.2) is 15.4 Å². The maximum atomic E-state index is 6.36. The predicted molar refractivity (Wildman–Crippen MR) is 90.3 cm³/mol. The van der Waals surface area contributed by atoms with Gasteiger partial charge in [0.1, 0.15) is 5.82 Å². The number of aromatic nitrogens is 2. The van der Waals surface area contributed by atoms with E-state index in [0.717, 1.165) is 22.5 Å². The minimum absolute atomic E-state index is 0.500. The molecule has 0 aliphatic rings. The van der Waals surface area contributed by atoms with Crippen LogP contribution in [-0.2, 0) is 6.42 Å². The highest BCUT2D eigenvalue weighted by molar-refractivity contribution is 6.34. The van der Waals surface area contributed by atoms with E-state index >= 15 is 0 Å². The summed E-state index contributed by atoms with van der Waals surface area (Å²) in [4.78, 5) is 4.67. The van der Waals surface area contributed by atoms with Crippen LogP contribution >= 0.6 is 34.8 Å². The molecule has 0 saturated heterocycles. The van der Waals surface area contributed by atoms with E-state index in [0.29, 0.717) is 22.3 Å². The second kappa shape index (κ2) is 5.88. The molecule has 108 valence electrons. The number of fused-ring (bicyclic) bond motifs is 1. The van der Waals surface area contributed by atoms with Gasteiger partial charge < -0.3 is 0 Å². The quantitative estimate of drug-likeness (QED) is 0.582. The molecular weight excluding hydrogens is 327 g/mol. The highest BCUT2D eigenvalue weighted by Crippen LogP contribution is 2.30. The fraction of sp³-hybridized carbons (Fsp3) is 0.188. The summed E-state index contributed by atoms with van der Waals surface area (Å²) in [7, 11) is 0.